The average molecular weight is 304 g/mol. The van der Waals surface area contributed by atoms with Crippen LogP contribution in [-0.4, -0.2) is 30.1 Å². The van der Waals surface area contributed by atoms with Crippen LogP contribution < -0.4 is 0 Å². The van der Waals surface area contributed by atoms with E-state index in [0.717, 1.165) is 4.47 Å². The highest BCUT2D eigenvalue weighted by Crippen LogP contribution is 2.15. The summed E-state index contributed by atoms with van der Waals surface area (Å²) in [6, 6.07) is 1.58. The number of aromatic amines is 1. The number of esters is 2. The third kappa shape index (κ3) is 3.59. The van der Waals surface area contributed by atoms with Crippen molar-refractivity contribution in [2.75, 3.05) is 7.11 Å². The maximum Gasteiger partial charge on any atom is 0.355 e. The van der Waals surface area contributed by atoms with Crippen molar-refractivity contribution < 1.29 is 19.1 Å². The highest BCUT2D eigenvalue weighted by atomic mass is 79.9. The molecule has 1 N–H and O–H groups in total. The van der Waals surface area contributed by atoms with E-state index in [1.165, 1.54) is 7.11 Å². The third-order valence-electron chi connectivity index (χ3n) is 2.14. The molecule has 0 aromatic carbocycles. The molecule has 0 saturated carbocycles. The van der Waals surface area contributed by atoms with Gasteiger partial charge < -0.3 is 14.5 Å². The van der Waals surface area contributed by atoms with E-state index < -0.39 is 18.0 Å². The predicted molar refractivity (Wildman–Crippen MR) is 64.6 cm³/mol. The van der Waals surface area contributed by atoms with Crippen molar-refractivity contribution in [3.8, 4) is 0 Å². The standard InChI is InChI=1S/C11H14BrNO4/c1-6(2)9(11(15)16-3)17-10(14)8-4-7(12)5-13-8/h4-6,9,13H,1-3H3/t9-/m0/s1. The molecule has 0 bridgehead atoms. The van der Waals surface area contributed by atoms with Gasteiger partial charge in [0.2, 0.25) is 6.10 Å². The summed E-state index contributed by atoms with van der Waals surface area (Å²) in [5.74, 6) is -1.29. The van der Waals surface area contributed by atoms with E-state index in [-0.39, 0.29) is 11.6 Å². The maximum atomic E-state index is 11.7. The number of nitrogens with one attached hydrogen (secondary N) is 1. The maximum absolute atomic E-state index is 11.7. The number of hydrogen-bond donors (Lipinski definition) is 1. The Morgan fingerprint density at radius 2 is 2.06 bits per heavy atom. The molecule has 0 radical (unpaired) electrons. The first-order valence-electron chi connectivity index (χ1n) is 5.08. The second-order valence-corrected chi connectivity index (χ2v) is 4.74. The summed E-state index contributed by atoms with van der Waals surface area (Å²) in [5, 5.41) is 0. The number of aromatic nitrogens is 1. The zero-order chi connectivity index (χ0) is 13.0. The van der Waals surface area contributed by atoms with Crippen molar-refractivity contribution in [3.05, 3.63) is 22.4 Å². The van der Waals surface area contributed by atoms with Crippen LogP contribution in [-0.2, 0) is 14.3 Å². The number of carbonyl (C=O) groups is 2. The molecule has 0 amide bonds. The molecule has 0 aliphatic rings. The van der Waals surface area contributed by atoms with Gasteiger partial charge in [0, 0.05) is 16.6 Å². The molecule has 6 heteroatoms. The quantitative estimate of drug-likeness (QED) is 0.865. The fraction of sp³-hybridized carbons (Fsp3) is 0.455. The van der Waals surface area contributed by atoms with E-state index >= 15 is 0 Å². The Morgan fingerprint density at radius 3 is 2.47 bits per heavy atom. The Kier molecular flexibility index (Phi) is 4.74. The van der Waals surface area contributed by atoms with Crippen LogP contribution in [0.2, 0.25) is 0 Å². The number of hydrogen-bond acceptors (Lipinski definition) is 4. The van der Waals surface area contributed by atoms with Crippen LogP contribution in [0.4, 0.5) is 0 Å². The number of rotatable bonds is 4. The Morgan fingerprint density at radius 1 is 1.41 bits per heavy atom. The third-order valence-corrected chi connectivity index (χ3v) is 2.60. The van der Waals surface area contributed by atoms with Crippen LogP contribution >= 0.6 is 15.9 Å². The van der Waals surface area contributed by atoms with Crippen LogP contribution in [0.1, 0.15) is 24.3 Å². The summed E-state index contributed by atoms with van der Waals surface area (Å²) >= 11 is 3.21. The van der Waals surface area contributed by atoms with Gasteiger partial charge in [0.05, 0.1) is 7.11 Å². The molecular formula is C11H14BrNO4. The summed E-state index contributed by atoms with van der Waals surface area (Å²) in [7, 11) is 1.26. The van der Waals surface area contributed by atoms with Crippen molar-refractivity contribution in [3.63, 3.8) is 0 Å². The van der Waals surface area contributed by atoms with Gasteiger partial charge in [0.15, 0.2) is 0 Å². The Labute approximate surface area is 108 Å². The van der Waals surface area contributed by atoms with Crippen LogP contribution in [0.15, 0.2) is 16.7 Å². The van der Waals surface area contributed by atoms with Gasteiger partial charge in [-0.3, -0.25) is 0 Å². The zero-order valence-corrected chi connectivity index (χ0v) is 11.4. The second kappa shape index (κ2) is 5.86. The lowest BCUT2D eigenvalue weighted by Crippen LogP contribution is -2.33. The molecule has 0 aliphatic heterocycles. The van der Waals surface area contributed by atoms with Gasteiger partial charge in [-0.25, -0.2) is 9.59 Å². The Bertz CT molecular complexity index is 413. The highest BCUT2D eigenvalue weighted by Gasteiger charge is 2.28. The Balaban J connectivity index is 2.74. The summed E-state index contributed by atoms with van der Waals surface area (Å²) in [5.41, 5.74) is 0.284. The SMILES string of the molecule is COC(=O)[C@@H](OC(=O)c1cc(Br)c[nH]1)C(C)C. The molecule has 1 atom stereocenters. The molecule has 0 saturated heterocycles. The van der Waals surface area contributed by atoms with Crippen LogP contribution in [0.3, 0.4) is 0 Å². The van der Waals surface area contributed by atoms with E-state index in [9.17, 15) is 9.59 Å². The first-order chi connectivity index (χ1) is 7.95. The molecular weight excluding hydrogens is 290 g/mol. The monoisotopic (exact) mass is 303 g/mol. The molecule has 0 aliphatic carbocycles. The van der Waals surface area contributed by atoms with Gasteiger partial charge >= 0.3 is 11.9 Å². The molecule has 0 fully saturated rings. The van der Waals surface area contributed by atoms with Gasteiger partial charge in [0.25, 0.3) is 0 Å². The molecule has 17 heavy (non-hydrogen) atoms. The number of methoxy groups -OCH3 is 1. The highest BCUT2D eigenvalue weighted by molar-refractivity contribution is 9.10. The number of ether oxygens (including phenoxy) is 2. The van der Waals surface area contributed by atoms with E-state index in [2.05, 4.69) is 25.7 Å². The smallest absolute Gasteiger partial charge is 0.355 e. The van der Waals surface area contributed by atoms with E-state index in [1.54, 1.807) is 26.1 Å². The van der Waals surface area contributed by atoms with Crippen LogP contribution in [0.25, 0.3) is 0 Å². The summed E-state index contributed by atoms with van der Waals surface area (Å²) < 4.78 is 10.4. The summed E-state index contributed by atoms with van der Waals surface area (Å²) in [6.45, 7) is 3.55. The molecule has 94 valence electrons. The molecule has 0 spiro atoms. The van der Waals surface area contributed by atoms with Crippen LogP contribution in [0.5, 0.6) is 0 Å². The summed E-state index contributed by atoms with van der Waals surface area (Å²) in [4.78, 5) is 25.9. The van der Waals surface area contributed by atoms with Gasteiger partial charge in [-0.15, -0.1) is 0 Å². The average Bonchev–Trinajstić information content (AvgIpc) is 2.71. The Hall–Kier alpha value is -1.30. The first kappa shape index (κ1) is 13.8. The second-order valence-electron chi connectivity index (χ2n) is 3.82. The molecule has 1 rings (SSSR count). The van der Waals surface area contributed by atoms with Gasteiger partial charge in [0.1, 0.15) is 5.69 Å². The van der Waals surface area contributed by atoms with Gasteiger partial charge in [-0.05, 0) is 22.0 Å². The topological polar surface area (TPSA) is 68.4 Å². The molecule has 1 aromatic rings. The van der Waals surface area contributed by atoms with Crippen molar-refractivity contribution in [1.29, 1.82) is 0 Å². The van der Waals surface area contributed by atoms with E-state index in [0.29, 0.717) is 0 Å². The summed E-state index contributed by atoms with van der Waals surface area (Å²) in [6.07, 6.45) is 0.716. The van der Waals surface area contributed by atoms with Gasteiger partial charge in [-0.1, -0.05) is 13.8 Å². The first-order valence-corrected chi connectivity index (χ1v) is 5.87. The number of halogens is 1. The molecule has 1 aromatic heterocycles. The number of H-pyrrole nitrogens is 1. The van der Waals surface area contributed by atoms with E-state index in [1.807, 2.05) is 0 Å². The van der Waals surface area contributed by atoms with Crippen LogP contribution in [0, 0.1) is 5.92 Å². The number of carbonyl (C=O) groups excluding carboxylic acids is 2. The molecule has 1 heterocycles. The van der Waals surface area contributed by atoms with Crippen molar-refractivity contribution in [2.24, 2.45) is 5.92 Å². The predicted octanol–water partition coefficient (Wildman–Crippen LogP) is 2.13. The normalized spacial score (nSPS) is 12.3. The van der Waals surface area contributed by atoms with Crippen molar-refractivity contribution in [2.45, 2.75) is 20.0 Å². The fourth-order valence-electron chi connectivity index (χ4n) is 1.24. The lowest BCUT2D eigenvalue weighted by molar-refractivity contribution is -0.153. The van der Waals surface area contributed by atoms with Gasteiger partial charge in [-0.2, -0.15) is 0 Å². The minimum absolute atomic E-state index is 0.148. The lowest BCUT2D eigenvalue weighted by Gasteiger charge is -2.18. The largest absolute Gasteiger partial charge is 0.466 e. The minimum Gasteiger partial charge on any atom is -0.466 e. The van der Waals surface area contributed by atoms with Crippen molar-refractivity contribution in [1.82, 2.24) is 4.98 Å². The van der Waals surface area contributed by atoms with E-state index in [4.69, 9.17) is 4.74 Å². The fourth-order valence-corrected chi connectivity index (χ4v) is 1.58. The molecule has 5 nitrogen and oxygen atoms in total. The lowest BCUT2D eigenvalue weighted by atomic mass is 10.1. The minimum atomic E-state index is -0.894. The molecule has 0 unspecified atom stereocenters. The zero-order valence-electron chi connectivity index (χ0n) is 9.82. The van der Waals surface area contributed by atoms with Crippen molar-refractivity contribution >= 4 is 27.9 Å².